The summed E-state index contributed by atoms with van der Waals surface area (Å²) < 4.78 is 1.84. The maximum absolute atomic E-state index is 12.9. The number of hydrogen-bond donors (Lipinski definition) is 3. The van der Waals surface area contributed by atoms with Gasteiger partial charge in [0, 0.05) is 53.6 Å². The number of aromatic nitrogens is 2. The molecule has 8 nitrogen and oxygen atoms in total. The summed E-state index contributed by atoms with van der Waals surface area (Å²) >= 11 is 0. The summed E-state index contributed by atoms with van der Waals surface area (Å²) in [5.74, 6) is 0.397. The van der Waals surface area contributed by atoms with Gasteiger partial charge in [-0.15, -0.1) is 0 Å². The third-order valence-corrected chi connectivity index (χ3v) is 7.43. The van der Waals surface area contributed by atoms with Crippen molar-refractivity contribution in [2.24, 2.45) is 11.8 Å². The summed E-state index contributed by atoms with van der Waals surface area (Å²) in [7, 11) is 0. The lowest BCUT2D eigenvalue weighted by atomic mass is 9.98. The van der Waals surface area contributed by atoms with Crippen molar-refractivity contribution < 1.29 is 14.7 Å². The number of carbonyl (C=O) groups is 2. The van der Waals surface area contributed by atoms with Gasteiger partial charge in [0.2, 0.25) is 5.91 Å². The lowest BCUT2D eigenvalue weighted by Crippen LogP contribution is -2.36. The molecule has 1 aliphatic carbocycles. The molecule has 2 fully saturated rings. The van der Waals surface area contributed by atoms with Gasteiger partial charge in [-0.05, 0) is 98.3 Å². The van der Waals surface area contributed by atoms with Gasteiger partial charge in [-0.3, -0.25) is 9.59 Å². The molecule has 194 valence electrons. The standard InChI is InChI=1S/C30H31N5O3/c36-19-20-2-1-15-34(18-20)26-10-5-22(6-11-26)30(38)33-25-9-14-28-23(16-25)17-31-35(28)27-12-7-24(8-13-27)32-29(37)21-3-4-21/h5-14,16-17,20-21,36H,1-4,15,18-19H2,(H,32,37)(H,33,38). The average Bonchev–Trinajstić information content (AvgIpc) is 3.73. The van der Waals surface area contributed by atoms with Crippen LogP contribution < -0.4 is 15.5 Å². The summed E-state index contributed by atoms with van der Waals surface area (Å²) in [6, 6.07) is 21.0. The van der Waals surface area contributed by atoms with Crippen LogP contribution in [0.5, 0.6) is 0 Å². The minimum Gasteiger partial charge on any atom is -0.396 e. The second kappa shape index (κ2) is 10.3. The van der Waals surface area contributed by atoms with E-state index in [0.29, 0.717) is 17.2 Å². The van der Waals surface area contributed by atoms with Gasteiger partial charge in [0.15, 0.2) is 0 Å². The molecule has 2 aliphatic rings. The van der Waals surface area contributed by atoms with E-state index >= 15 is 0 Å². The van der Waals surface area contributed by atoms with E-state index < -0.39 is 0 Å². The van der Waals surface area contributed by atoms with Gasteiger partial charge in [0.1, 0.15) is 0 Å². The average molecular weight is 510 g/mol. The first kappa shape index (κ1) is 24.2. The molecule has 1 atom stereocenters. The summed E-state index contributed by atoms with van der Waals surface area (Å²) in [6.45, 7) is 2.03. The molecule has 1 aromatic heterocycles. The van der Waals surface area contributed by atoms with Crippen LogP contribution in [0.3, 0.4) is 0 Å². The number of benzene rings is 3. The van der Waals surface area contributed by atoms with E-state index in [1.54, 1.807) is 6.20 Å². The number of amides is 2. The maximum atomic E-state index is 12.9. The fourth-order valence-corrected chi connectivity index (χ4v) is 5.07. The van der Waals surface area contributed by atoms with Crippen molar-refractivity contribution in [2.45, 2.75) is 25.7 Å². The predicted octanol–water partition coefficient (Wildman–Crippen LogP) is 4.84. The Hall–Kier alpha value is -4.17. The molecule has 6 rings (SSSR count). The number of nitrogens with one attached hydrogen (secondary N) is 2. The number of aliphatic hydroxyl groups is 1. The van der Waals surface area contributed by atoms with Crippen molar-refractivity contribution >= 4 is 39.8 Å². The molecule has 1 unspecified atom stereocenters. The fraction of sp³-hybridized carbons (Fsp3) is 0.300. The molecule has 3 N–H and O–H groups in total. The van der Waals surface area contributed by atoms with Crippen molar-refractivity contribution in [1.29, 1.82) is 0 Å². The molecule has 4 aromatic rings. The molecule has 2 amide bonds. The summed E-state index contributed by atoms with van der Waals surface area (Å²) in [5.41, 5.74) is 4.96. The third-order valence-electron chi connectivity index (χ3n) is 7.43. The van der Waals surface area contributed by atoms with Crippen LogP contribution in [-0.2, 0) is 4.79 Å². The van der Waals surface area contributed by atoms with Crippen molar-refractivity contribution in [1.82, 2.24) is 9.78 Å². The molecule has 1 saturated heterocycles. The molecule has 3 aromatic carbocycles. The highest BCUT2D eigenvalue weighted by Crippen LogP contribution is 2.30. The summed E-state index contributed by atoms with van der Waals surface area (Å²) in [5, 5.41) is 20.9. The van der Waals surface area contributed by atoms with Crippen molar-refractivity contribution in [2.75, 3.05) is 35.2 Å². The molecule has 8 heteroatoms. The first-order chi connectivity index (χ1) is 18.6. The van der Waals surface area contributed by atoms with Crippen LogP contribution in [-0.4, -0.2) is 46.4 Å². The van der Waals surface area contributed by atoms with Gasteiger partial charge in [-0.25, -0.2) is 4.68 Å². The highest BCUT2D eigenvalue weighted by atomic mass is 16.3. The van der Waals surface area contributed by atoms with E-state index in [1.165, 1.54) is 0 Å². The molecule has 0 bridgehead atoms. The number of rotatable bonds is 7. The number of fused-ring (bicyclic) bond motifs is 1. The molecule has 2 heterocycles. The molecule has 1 aliphatic heterocycles. The van der Waals surface area contributed by atoms with E-state index in [4.69, 9.17) is 0 Å². The first-order valence-electron chi connectivity index (χ1n) is 13.2. The summed E-state index contributed by atoms with van der Waals surface area (Å²) in [4.78, 5) is 27.2. The number of piperidine rings is 1. The third kappa shape index (κ3) is 5.13. The highest BCUT2D eigenvalue weighted by molar-refractivity contribution is 6.05. The van der Waals surface area contributed by atoms with Crippen LogP contribution >= 0.6 is 0 Å². The van der Waals surface area contributed by atoms with Gasteiger partial charge < -0.3 is 20.6 Å². The first-order valence-corrected chi connectivity index (χ1v) is 13.2. The predicted molar refractivity (Wildman–Crippen MR) is 149 cm³/mol. The monoisotopic (exact) mass is 509 g/mol. The zero-order valence-corrected chi connectivity index (χ0v) is 21.1. The van der Waals surface area contributed by atoms with E-state index in [-0.39, 0.29) is 24.3 Å². The van der Waals surface area contributed by atoms with E-state index in [9.17, 15) is 14.7 Å². The van der Waals surface area contributed by atoms with Crippen LogP contribution in [0.4, 0.5) is 17.1 Å². The number of anilines is 3. The van der Waals surface area contributed by atoms with Crippen LogP contribution in [0.1, 0.15) is 36.0 Å². The maximum Gasteiger partial charge on any atom is 0.255 e. The Morgan fingerprint density at radius 3 is 2.37 bits per heavy atom. The lowest BCUT2D eigenvalue weighted by molar-refractivity contribution is -0.117. The van der Waals surface area contributed by atoms with Gasteiger partial charge in [-0.1, -0.05) is 0 Å². The zero-order valence-electron chi connectivity index (χ0n) is 21.1. The number of aliphatic hydroxyl groups excluding tert-OH is 1. The molecule has 0 radical (unpaired) electrons. The minimum atomic E-state index is -0.168. The second-order valence-electron chi connectivity index (χ2n) is 10.3. The Morgan fingerprint density at radius 2 is 1.63 bits per heavy atom. The molecule has 1 saturated carbocycles. The lowest BCUT2D eigenvalue weighted by Gasteiger charge is -2.33. The Labute approximate surface area is 221 Å². The smallest absolute Gasteiger partial charge is 0.255 e. The minimum absolute atomic E-state index is 0.0889. The van der Waals surface area contributed by atoms with E-state index in [0.717, 1.165) is 66.7 Å². The van der Waals surface area contributed by atoms with Gasteiger partial charge in [0.05, 0.1) is 17.4 Å². The zero-order chi connectivity index (χ0) is 26.1. The van der Waals surface area contributed by atoms with Crippen LogP contribution in [0.2, 0.25) is 0 Å². The Bertz CT molecular complexity index is 1460. The normalized spacial score (nSPS) is 17.4. The van der Waals surface area contributed by atoms with E-state index in [1.807, 2.05) is 71.4 Å². The topological polar surface area (TPSA) is 99.5 Å². The fourth-order valence-electron chi connectivity index (χ4n) is 5.07. The number of nitrogens with zero attached hydrogens (tertiary/aromatic N) is 3. The molecular weight excluding hydrogens is 478 g/mol. The van der Waals surface area contributed by atoms with Crippen LogP contribution in [0.15, 0.2) is 72.9 Å². The van der Waals surface area contributed by atoms with Crippen LogP contribution in [0, 0.1) is 11.8 Å². The van der Waals surface area contributed by atoms with Gasteiger partial charge in [0.25, 0.3) is 5.91 Å². The quantitative estimate of drug-likeness (QED) is 0.331. The Balaban J connectivity index is 1.12. The van der Waals surface area contributed by atoms with Gasteiger partial charge >= 0.3 is 0 Å². The van der Waals surface area contributed by atoms with Gasteiger partial charge in [-0.2, -0.15) is 5.10 Å². The second-order valence-corrected chi connectivity index (χ2v) is 10.3. The van der Waals surface area contributed by atoms with Crippen LogP contribution in [0.25, 0.3) is 16.6 Å². The largest absolute Gasteiger partial charge is 0.396 e. The number of carbonyl (C=O) groups excluding carboxylic acids is 2. The molecule has 38 heavy (non-hydrogen) atoms. The Morgan fingerprint density at radius 1 is 0.895 bits per heavy atom. The SMILES string of the molecule is O=C(Nc1ccc2c(cnn2-c2ccc(NC(=O)C3CC3)cc2)c1)c1ccc(N2CCCC(CO)C2)cc1. The molecule has 0 spiro atoms. The van der Waals surface area contributed by atoms with Crippen molar-refractivity contribution in [3.8, 4) is 5.69 Å². The molecular formula is C30H31N5O3. The van der Waals surface area contributed by atoms with Crippen molar-refractivity contribution in [3.63, 3.8) is 0 Å². The Kier molecular flexibility index (Phi) is 6.55. The highest BCUT2D eigenvalue weighted by Gasteiger charge is 2.29. The van der Waals surface area contributed by atoms with E-state index in [2.05, 4.69) is 20.6 Å². The number of hydrogen-bond acceptors (Lipinski definition) is 5. The van der Waals surface area contributed by atoms with Crippen molar-refractivity contribution in [3.05, 3.63) is 78.5 Å². The summed E-state index contributed by atoms with van der Waals surface area (Å²) in [6.07, 6.45) is 5.85.